The molecule has 0 aliphatic carbocycles. The molecule has 0 atom stereocenters. The number of nitrogens with two attached hydrogens (primary N) is 1. The Morgan fingerprint density at radius 3 is 2.75 bits per heavy atom. The van der Waals surface area contributed by atoms with Gasteiger partial charge in [-0.15, -0.1) is 0 Å². The maximum absolute atomic E-state index is 5.44. The van der Waals surface area contributed by atoms with Gasteiger partial charge in [-0.1, -0.05) is 12.1 Å². The zero-order chi connectivity index (χ0) is 8.60. The summed E-state index contributed by atoms with van der Waals surface area (Å²) < 4.78 is 9.99. The number of ether oxygens (including phenoxy) is 1. The van der Waals surface area contributed by atoms with Crippen molar-refractivity contribution in [2.45, 2.75) is 18.8 Å². The highest BCUT2D eigenvalue weighted by Gasteiger charge is 2.41. The molecule has 0 saturated carbocycles. The van der Waals surface area contributed by atoms with Crippen molar-refractivity contribution < 1.29 is 9.26 Å². The van der Waals surface area contributed by atoms with E-state index < -0.39 is 0 Å². The Bertz CT molecular complexity index is 273. The van der Waals surface area contributed by atoms with E-state index >= 15 is 0 Å². The van der Waals surface area contributed by atoms with Gasteiger partial charge < -0.3 is 15.0 Å². The average Bonchev–Trinajstić information content (AvgIpc) is 2.35. The highest BCUT2D eigenvalue weighted by Crippen LogP contribution is 2.35. The largest absolute Gasteiger partial charge is 0.379 e. The van der Waals surface area contributed by atoms with Crippen LogP contribution in [-0.2, 0) is 10.2 Å². The molecule has 1 aromatic rings. The topological polar surface area (TPSA) is 61.3 Å². The Labute approximate surface area is 70.7 Å². The van der Waals surface area contributed by atoms with Crippen LogP contribution in [0.2, 0.25) is 0 Å². The van der Waals surface area contributed by atoms with Gasteiger partial charge in [0.05, 0.1) is 24.3 Å². The fraction of sp³-hybridized carbons (Fsp3) is 0.625. The lowest BCUT2D eigenvalue weighted by Crippen LogP contribution is -2.46. The van der Waals surface area contributed by atoms with Crippen LogP contribution in [0.1, 0.15) is 19.0 Å². The van der Waals surface area contributed by atoms with E-state index in [4.69, 9.17) is 15.0 Å². The van der Waals surface area contributed by atoms with E-state index in [0.717, 1.165) is 25.3 Å². The predicted molar refractivity (Wildman–Crippen MR) is 43.7 cm³/mol. The molecule has 1 saturated heterocycles. The Morgan fingerprint density at radius 1 is 1.67 bits per heavy atom. The van der Waals surface area contributed by atoms with Crippen molar-refractivity contribution in [1.82, 2.24) is 5.16 Å². The van der Waals surface area contributed by atoms with Crippen molar-refractivity contribution in [2.24, 2.45) is 0 Å². The minimum atomic E-state index is 0.0706. The molecule has 1 aliphatic rings. The molecule has 2 heterocycles. The van der Waals surface area contributed by atoms with Crippen LogP contribution in [0.15, 0.2) is 10.6 Å². The second kappa shape index (κ2) is 2.48. The maximum atomic E-state index is 5.44. The monoisotopic (exact) mass is 168 g/mol. The van der Waals surface area contributed by atoms with Gasteiger partial charge >= 0.3 is 0 Å². The Kier molecular flexibility index (Phi) is 1.58. The molecule has 0 unspecified atom stereocenters. The van der Waals surface area contributed by atoms with Gasteiger partial charge in [0.1, 0.15) is 0 Å². The first kappa shape index (κ1) is 7.61. The number of anilines is 1. The lowest BCUT2D eigenvalue weighted by molar-refractivity contribution is -0.0652. The summed E-state index contributed by atoms with van der Waals surface area (Å²) in [6, 6.07) is 1.78. The molecular formula is C8H12N2O2. The van der Waals surface area contributed by atoms with E-state index in [0.29, 0.717) is 5.88 Å². The zero-order valence-corrected chi connectivity index (χ0v) is 7.04. The fourth-order valence-electron chi connectivity index (χ4n) is 1.42. The third kappa shape index (κ3) is 0.914. The maximum Gasteiger partial charge on any atom is 0.222 e. The summed E-state index contributed by atoms with van der Waals surface area (Å²) in [5, 5.41) is 3.90. The molecule has 0 radical (unpaired) electrons. The van der Waals surface area contributed by atoms with Crippen molar-refractivity contribution in [2.75, 3.05) is 18.9 Å². The van der Waals surface area contributed by atoms with Crippen molar-refractivity contribution >= 4 is 5.88 Å². The highest BCUT2D eigenvalue weighted by molar-refractivity contribution is 5.30. The molecule has 0 amide bonds. The molecule has 2 N–H and O–H groups in total. The van der Waals surface area contributed by atoms with Gasteiger partial charge in [-0.2, -0.15) is 0 Å². The van der Waals surface area contributed by atoms with Gasteiger partial charge in [0.15, 0.2) is 0 Å². The number of rotatable bonds is 2. The first-order valence-corrected chi connectivity index (χ1v) is 4.07. The number of nitrogen functional groups attached to an aromatic ring is 1. The van der Waals surface area contributed by atoms with Crippen LogP contribution in [0.4, 0.5) is 5.88 Å². The molecule has 12 heavy (non-hydrogen) atoms. The van der Waals surface area contributed by atoms with Crippen LogP contribution in [0, 0.1) is 0 Å². The van der Waals surface area contributed by atoms with Crippen molar-refractivity contribution in [3.63, 3.8) is 0 Å². The van der Waals surface area contributed by atoms with E-state index in [2.05, 4.69) is 12.1 Å². The average molecular weight is 168 g/mol. The van der Waals surface area contributed by atoms with Gasteiger partial charge in [0.2, 0.25) is 5.88 Å². The molecule has 0 bridgehead atoms. The first-order valence-electron chi connectivity index (χ1n) is 4.07. The van der Waals surface area contributed by atoms with E-state index in [-0.39, 0.29) is 5.41 Å². The predicted octanol–water partition coefficient (Wildman–Crippen LogP) is 0.935. The van der Waals surface area contributed by atoms with Crippen LogP contribution in [-0.4, -0.2) is 18.4 Å². The summed E-state index contributed by atoms with van der Waals surface area (Å²) >= 11 is 0. The van der Waals surface area contributed by atoms with Crippen LogP contribution in [0.25, 0.3) is 0 Å². The quantitative estimate of drug-likeness (QED) is 0.713. The van der Waals surface area contributed by atoms with Crippen molar-refractivity contribution in [1.29, 1.82) is 0 Å². The molecule has 4 heteroatoms. The van der Waals surface area contributed by atoms with Crippen LogP contribution >= 0.6 is 0 Å². The lowest BCUT2D eigenvalue weighted by atomic mass is 9.80. The number of aromatic nitrogens is 1. The molecule has 2 rings (SSSR count). The highest BCUT2D eigenvalue weighted by atomic mass is 16.5. The fourth-order valence-corrected chi connectivity index (χ4v) is 1.42. The molecule has 1 aromatic heterocycles. The second-order valence-electron chi connectivity index (χ2n) is 3.24. The van der Waals surface area contributed by atoms with Gasteiger partial charge in [-0.25, -0.2) is 0 Å². The molecule has 0 aromatic carbocycles. The minimum absolute atomic E-state index is 0.0706. The summed E-state index contributed by atoms with van der Waals surface area (Å²) in [6.07, 6.45) is 1.01. The number of hydrogen-bond donors (Lipinski definition) is 1. The van der Waals surface area contributed by atoms with E-state index in [1.807, 2.05) is 0 Å². The summed E-state index contributed by atoms with van der Waals surface area (Å²) in [7, 11) is 0. The van der Waals surface area contributed by atoms with Crippen molar-refractivity contribution in [3.05, 3.63) is 11.8 Å². The molecule has 1 aliphatic heterocycles. The Morgan fingerprint density at radius 2 is 2.42 bits per heavy atom. The second-order valence-corrected chi connectivity index (χ2v) is 3.24. The first-order chi connectivity index (χ1) is 5.77. The molecule has 0 spiro atoms. The number of nitrogens with zero attached hydrogens (tertiary/aromatic N) is 1. The molecule has 4 nitrogen and oxygen atoms in total. The zero-order valence-electron chi connectivity index (χ0n) is 7.04. The molecule has 66 valence electrons. The van der Waals surface area contributed by atoms with E-state index in [9.17, 15) is 0 Å². The van der Waals surface area contributed by atoms with Gasteiger partial charge in [-0.05, 0) is 6.42 Å². The summed E-state index contributed by atoms with van der Waals surface area (Å²) in [6.45, 7) is 3.58. The van der Waals surface area contributed by atoms with Gasteiger partial charge in [0, 0.05) is 6.07 Å². The third-order valence-electron chi connectivity index (χ3n) is 2.51. The third-order valence-corrected chi connectivity index (χ3v) is 2.51. The van der Waals surface area contributed by atoms with Crippen LogP contribution < -0.4 is 5.73 Å². The SMILES string of the molecule is CCC1(c2cc(N)on2)COC1. The Balaban J connectivity index is 2.27. The number of hydrogen-bond acceptors (Lipinski definition) is 4. The standard InChI is InChI=1S/C8H12N2O2/c1-2-8(4-11-5-8)6-3-7(9)12-10-6/h3H,2,4-5,9H2,1H3. The van der Waals surface area contributed by atoms with E-state index in [1.165, 1.54) is 0 Å². The molecular weight excluding hydrogens is 156 g/mol. The normalized spacial score (nSPS) is 20.4. The minimum Gasteiger partial charge on any atom is -0.379 e. The summed E-state index contributed by atoms with van der Waals surface area (Å²) in [4.78, 5) is 0. The van der Waals surface area contributed by atoms with Crippen LogP contribution in [0.3, 0.4) is 0 Å². The van der Waals surface area contributed by atoms with Crippen LogP contribution in [0.5, 0.6) is 0 Å². The van der Waals surface area contributed by atoms with Gasteiger partial charge in [0.25, 0.3) is 0 Å². The summed E-state index contributed by atoms with van der Waals surface area (Å²) in [5.74, 6) is 0.379. The summed E-state index contributed by atoms with van der Waals surface area (Å²) in [5.41, 5.74) is 6.43. The van der Waals surface area contributed by atoms with Crippen molar-refractivity contribution in [3.8, 4) is 0 Å². The smallest absolute Gasteiger partial charge is 0.222 e. The lowest BCUT2D eigenvalue weighted by Gasteiger charge is -2.38. The van der Waals surface area contributed by atoms with E-state index in [1.54, 1.807) is 6.07 Å². The Hall–Kier alpha value is -1.03. The molecule has 1 fully saturated rings. The van der Waals surface area contributed by atoms with Gasteiger partial charge in [-0.3, -0.25) is 0 Å².